The summed E-state index contributed by atoms with van der Waals surface area (Å²) in [6, 6.07) is 4.69. The van der Waals surface area contributed by atoms with E-state index in [-0.39, 0.29) is 29.7 Å². The van der Waals surface area contributed by atoms with Crippen LogP contribution in [-0.2, 0) is 4.74 Å². The van der Waals surface area contributed by atoms with Gasteiger partial charge in [-0.05, 0) is 26.0 Å². The summed E-state index contributed by atoms with van der Waals surface area (Å²) >= 11 is 0. The molecule has 1 aromatic rings. The maximum Gasteiger partial charge on any atom is 0.317 e. The van der Waals surface area contributed by atoms with Crippen molar-refractivity contribution < 1.29 is 18.7 Å². The number of hydrogen-bond donors (Lipinski definition) is 1. The zero-order chi connectivity index (χ0) is 17.7. The maximum atomic E-state index is 13.5. The van der Waals surface area contributed by atoms with E-state index in [0.717, 1.165) is 5.69 Å². The van der Waals surface area contributed by atoms with Crippen LogP contribution in [0.25, 0.3) is 0 Å². The lowest BCUT2D eigenvalue weighted by atomic mass is 10.2. The van der Waals surface area contributed by atoms with Gasteiger partial charge in [-0.2, -0.15) is 0 Å². The number of carbonyl (C=O) groups is 1. The monoisotopic (exact) mass is 339 g/mol. The van der Waals surface area contributed by atoms with Gasteiger partial charge >= 0.3 is 6.03 Å². The molecule has 2 rings (SSSR count). The van der Waals surface area contributed by atoms with Crippen LogP contribution in [0.5, 0.6) is 5.75 Å². The zero-order valence-electron chi connectivity index (χ0n) is 14.7. The largest absolute Gasteiger partial charge is 0.494 e. The summed E-state index contributed by atoms with van der Waals surface area (Å²) in [4.78, 5) is 16.2. The van der Waals surface area contributed by atoms with Crippen molar-refractivity contribution in [2.24, 2.45) is 0 Å². The van der Waals surface area contributed by atoms with Crippen molar-refractivity contribution in [1.82, 2.24) is 10.2 Å². The van der Waals surface area contributed by atoms with Crippen LogP contribution in [0.2, 0.25) is 0 Å². The highest BCUT2D eigenvalue weighted by molar-refractivity contribution is 5.75. The molecule has 1 aliphatic heterocycles. The Morgan fingerprint density at radius 1 is 1.21 bits per heavy atom. The van der Waals surface area contributed by atoms with Crippen molar-refractivity contribution in [1.29, 1.82) is 0 Å². The highest BCUT2D eigenvalue weighted by Gasteiger charge is 2.24. The molecular weight excluding hydrogens is 313 g/mol. The first kappa shape index (κ1) is 18.3. The lowest BCUT2D eigenvalue weighted by molar-refractivity contribution is 0.0878. The van der Waals surface area contributed by atoms with Gasteiger partial charge in [0.05, 0.1) is 19.3 Å². The van der Waals surface area contributed by atoms with Crippen molar-refractivity contribution in [3.05, 3.63) is 24.0 Å². The number of nitrogens with one attached hydrogen (secondary N) is 1. The Morgan fingerprint density at radius 3 is 2.46 bits per heavy atom. The minimum absolute atomic E-state index is 0.0399. The Kier molecular flexibility index (Phi) is 6.25. The van der Waals surface area contributed by atoms with Gasteiger partial charge in [0.15, 0.2) is 11.6 Å². The molecule has 0 bridgehead atoms. The van der Waals surface area contributed by atoms with E-state index in [9.17, 15) is 9.18 Å². The van der Waals surface area contributed by atoms with Crippen LogP contribution in [0.4, 0.5) is 14.9 Å². The summed E-state index contributed by atoms with van der Waals surface area (Å²) in [7, 11) is 3.08. The molecular formula is C17H26FN3O3. The van der Waals surface area contributed by atoms with Crippen molar-refractivity contribution >= 4 is 11.7 Å². The fourth-order valence-electron chi connectivity index (χ4n) is 2.62. The number of nitrogens with zero attached hydrogens (tertiary/aromatic N) is 2. The van der Waals surface area contributed by atoms with Crippen LogP contribution in [0, 0.1) is 5.82 Å². The third-order valence-electron chi connectivity index (χ3n) is 4.49. The molecule has 1 fully saturated rings. The third kappa shape index (κ3) is 4.29. The van der Waals surface area contributed by atoms with Crippen LogP contribution < -0.4 is 15.0 Å². The van der Waals surface area contributed by atoms with Gasteiger partial charge in [-0.25, -0.2) is 9.18 Å². The molecule has 2 atom stereocenters. The fraction of sp³-hybridized carbons (Fsp3) is 0.588. The lowest BCUT2D eigenvalue weighted by Crippen LogP contribution is -2.54. The van der Waals surface area contributed by atoms with Crippen LogP contribution in [0.1, 0.15) is 13.8 Å². The number of amides is 2. The van der Waals surface area contributed by atoms with E-state index in [4.69, 9.17) is 9.47 Å². The van der Waals surface area contributed by atoms with E-state index in [0.29, 0.717) is 26.2 Å². The molecule has 2 amide bonds. The van der Waals surface area contributed by atoms with E-state index < -0.39 is 0 Å². The Balaban J connectivity index is 1.90. The summed E-state index contributed by atoms with van der Waals surface area (Å²) in [5, 5.41) is 2.95. The molecule has 0 aliphatic carbocycles. The standard InChI is InChI=1S/C17H26FN3O3/c1-12(13(2)23-3)19-17(22)21-9-7-20(8-10-21)14-5-6-15(18)16(11-14)24-4/h5-6,11-13H,7-10H2,1-4H3,(H,19,22)/t12-,13?/m0/s1. The second kappa shape index (κ2) is 8.19. The highest BCUT2D eigenvalue weighted by atomic mass is 19.1. The Hall–Kier alpha value is -2.02. The summed E-state index contributed by atoms with van der Waals surface area (Å²) in [5.74, 6) is -0.143. The van der Waals surface area contributed by atoms with Crippen LogP contribution in [0.15, 0.2) is 18.2 Å². The number of halogens is 1. The number of anilines is 1. The fourth-order valence-corrected chi connectivity index (χ4v) is 2.62. The number of methoxy groups -OCH3 is 2. The average Bonchev–Trinajstić information content (AvgIpc) is 2.61. The smallest absolute Gasteiger partial charge is 0.317 e. The number of ether oxygens (including phenoxy) is 2. The molecule has 1 heterocycles. The van der Waals surface area contributed by atoms with Gasteiger partial charge in [-0.1, -0.05) is 0 Å². The Morgan fingerprint density at radius 2 is 1.88 bits per heavy atom. The van der Waals surface area contributed by atoms with Crippen molar-refractivity contribution in [3.63, 3.8) is 0 Å². The first-order valence-electron chi connectivity index (χ1n) is 8.13. The van der Waals surface area contributed by atoms with Gasteiger partial charge < -0.3 is 24.6 Å². The van der Waals surface area contributed by atoms with Crippen LogP contribution in [-0.4, -0.2) is 63.5 Å². The molecule has 1 N–H and O–H groups in total. The summed E-state index contributed by atoms with van der Waals surface area (Å²) in [6.07, 6.45) is -0.0399. The van der Waals surface area contributed by atoms with E-state index >= 15 is 0 Å². The van der Waals surface area contributed by atoms with E-state index in [1.165, 1.54) is 13.2 Å². The van der Waals surface area contributed by atoms with Gasteiger partial charge in [0.25, 0.3) is 0 Å². The van der Waals surface area contributed by atoms with Crippen molar-refractivity contribution in [2.75, 3.05) is 45.3 Å². The SMILES string of the molecule is COc1cc(N2CCN(C(=O)N[C@@H](C)C(C)OC)CC2)ccc1F. The first-order valence-corrected chi connectivity index (χ1v) is 8.13. The Labute approximate surface area is 142 Å². The van der Waals surface area contributed by atoms with Crippen LogP contribution in [0.3, 0.4) is 0 Å². The quantitative estimate of drug-likeness (QED) is 0.892. The van der Waals surface area contributed by atoms with Crippen molar-refractivity contribution in [2.45, 2.75) is 26.0 Å². The van der Waals surface area contributed by atoms with Gasteiger partial charge in [-0.3, -0.25) is 0 Å². The molecule has 24 heavy (non-hydrogen) atoms. The molecule has 1 aliphatic rings. The van der Waals surface area contributed by atoms with E-state index in [1.54, 1.807) is 24.1 Å². The molecule has 134 valence electrons. The second-order valence-electron chi connectivity index (χ2n) is 5.97. The molecule has 0 aromatic heterocycles. The Bertz CT molecular complexity index is 562. The number of benzene rings is 1. The molecule has 0 radical (unpaired) electrons. The van der Waals surface area contributed by atoms with Gasteiger partial charge in [-0.15, -0.1) is 0 Å². The van der Waals surface area contributed by atoms with Crippen molar-refractivity contribution in [3.8, 4) is 5.75 Å². The predicted molar refractivity (Wildman–Crippen MR) is 91.2 cm³/mol. The van der Waals surface area contributed by atoms with Crippen LogP contribution >= 0.6 is 0 Å². The molecule has 0 saturated carbocycles. The number of rotatable bonds is 5. The minimum Gasteiger partial charge on any atom is -0.494 e. The second-order valence-corrected chi connectivity index (χ2v) is 5.97. The van der Waals surface area contributed by atoms with E-state index in [2.05, 4.69) is 10.2 Å². The maximum absolute atomic E-state index is 13.5. The van der Waals surface area contributed by atoms with Gasteiger partial charge in [0.1, 0.15) is 0 Å². The lowest BCUT2D eigenvalue weighted by Gasteiger charge is -2.37. The first-order chi connectivity index (χ1) is 11.5. The minimum atomic E-state index is -0.375. The molecule has 1 unspecified atom stereocenters. The molecule has 1 aromatic carbocycles. The summed E-state index contributed by atoms with van der Waals surface area (Å²) in [5.41, 5.74) is 0.898. The zero-order valence-corrected chi connectivity index (χ0v) is 14.7. The molecule has 1 saturated heterocycles. The third-order valence-corrected chi connectivity index (χ3v) is 4.49. The highest BCUT2D eigenvalue weighted by Crippen LogP contribution is 2.25. The van der Waals surface area contributed by atoms with Gasteiger partial charge in [0, 0.05) is 45.0 Å². The molecule has 7 heteroatoms. The topological polar surface area (TPSA) is 54.0 Å². The predicted octanol–water partition coefficient (Wildman–Crippen LogP) is 2.09. The number of urea groups is 1. The van der Waals surface area contributed by atoms with Gasteiger partial charge in [0.2, 0.25) is 0 Å². The normalized spacial score (nSPS) is 17.4. The number of carbonyl (C=O) groups excluding carboxylic acids is 1. The molecule has 6 nitrogen and oxygen atoms in total. The summed E-state index contributed by atoms with van der Waals surface area (Å²) in [6.45, 7) is 6.45. The van der Waals surface area contributed by atoms with E-state index in [1.807, 2.05) is 13.8 Å². The molecule has 0 spiro atoms. The average molecular weight is 339 g/mol. The number of piperazine rings is 1. The number of hydrogen-bond acceptors (Lipinski definition) is 4. The summed E-state index contributed by atoms with van der Waals surface area (Å²) < 4.78 is 23.8.